The monoisotopic (exact) mass is 536 g/mol. The van der Waals surface area contributed by atoms with Crippen molar-refractivity contribution in [1.82, 2.24) is 5.32 Å². The van der Waals surface area contributed by atoms with Gasteiger partial charge in [-0.2, -0.15) is 0 Å². The summed E-state index contributed by atoms with van der Waals surface area (Å²) in [6.45, 7) is 6.68. The third-order valence-corrected chi connectivity index (χ3v) is 8.85. The van der Waals surface area contributed by atoms with Crippen LogP contribution in [0.3, 0.4) is 0 Å². The third-order valence-electron chi connectivity index (χ3n) is 8.85. The van der Waals surface area contributed by atoms with Crippen molar-refractivity contribution in [2.24, 2.45) is 0 Å². The van der Waals surface area contributed by atoms with E-state index in [1.54, 1.807) is 0 Å². The molecule has 2 nitrogen and oxygen atoms in total. The first-order chi connectivity index (χ1) is 18.9. The van der Waals surface area contributed by atoms with Gasteiger partial charge in [0.1, 0.15) is 0 Å². The van der Waals surface area contributed by atoms with Crippen LogP contribution in [0, 0.1) is 0 Å². The Labute approximate surface area is 241 Å². The molecular weight excluding hydrogens is 462 g/mol. The minimum Gasteiger partial charge on any atom is -0.372 e. The summed E-state index contributed by atoms with van der Waals surface area (Å²) >= 11 is 0. The maximum atomic E-state index is 5.45. The van der Waals surface area contributed by atoms with Gasteiger partial charge in [0.2, 0.25) is 0 Å². The Morgan fingerprint density at radius 3 is 0.974 bits per heavy atom. The lowest BCUT2D eigenvalue weighted by atomic mass is 9.99. The van der Waals surface area contributed by atoms with E-state index in [2.05, 4.69) is 19.2 Å². The molecule has 2 heteroatoms. The molecule has 0 aliphatic carbocycles. The van der Waals surface area contributed by atoms with Crippen molar-refractivity contribution >= 4 is 0 Å². The SMILES string of the molecule is CCCCCCCCCCCCCCCCC(CCCCCCCCCCCCCCCC)NCC1CO1. The Morgan fingerprint density at radius 1 is 0.447 bits per heavy atom. The lowest BCUT2D eigenvalue weighted by Crippen LogP contribution is -2.32. The van der Waals surface area contributed by atoms with Crippen molar-refractivity contribution in [1.29, 1.82) is 0 Å². The predicted molar refractivity (Wildman–Crippen MR) is 171 cm³/mol. The zero-order valence-corrected chi connectivity index (χ0v) is 26.7. The molecule has 1 heterocycles. The summed E-state index contributed by atoms with van der Waals surface area (Å²) in [5.74, 6) is 0. The predicted octanol–water partition coefficient (Wildman–Crippen LogP) is 12.1. The van der Waals surface area contributed by atoms with Crippen molar-refractivity contribution in [3.05, 3.63) is 0 Å². The second-order valence-electron chi connectivity index (χ2n) is 12.8. The highest BCUT2D eigenvalue weighted by molar-refractivity contribution is 4.76. The average molecular weight is 536 g/mol. The molecule has 0 aromatic heterocycles. The van der Waals surface area contributed by atoms with Crippen LogP contribution in [0.25, 0.3) is 0 Å². The first-order valence-electron chi connectivity index (χ1n) is 18.2. The van der Waals surface area contributed by atoms with E-state index in [-0.39, 0.29) is 0 Å². The molecule has 1 rings (SSSR count). The van der Waals surface area contributed by atoms with Gasteiger partial charge in [0.05, 0.1) is 12.7 Å². The molecule has 1 unspecified atom stereocenters. The summed E-state index contributed by atoms with van der Waals surface area (Å²) in [6.07, 6.45) is 44.0. The summed E-state index contributed by atoms with van der Waals surface area (Å²) in [6, 6.07) is 0.730. The number of nitrogens with one attached hydrogen (secondary N) is 1. The minimum atomic E-state index is 0.519. The second kappa shape index (κ2) is 29.9. The van der Waals surface area contributed by atoms with E-state index in [1.165, 1.54) is 193 Å². The van der Waals surface area contributed by atoms with Gasteiger partial charge in [0.15, 0.2) is 0 Å². The Bertz CT molecular complexity index is 403. The van der Waals surface area contributed by atoms with E-state index in [1.807, 2.05) is 0 Å². The zero-order chi connectivity index (χ0) is 27.2. The zero-order valence-electron chi connectivity index (χ0n) is 26.7. The van der Waals surface area contributed by atoms with Gasteiger partial charge < -0.3 is 10.1 Å². The first kappa shape index (κ1) is 35.9. The van der Waals surface area contributed by atoms with Crippen LogP contribution in [0.1, 0.15) is 206 Å². The van der Waals surface area contributed by atoms with Crippen LogP contribution in [0.2, 0.25) is 0 Å². The normalized spacial score (nSPS) is 15.1. The van der Waals surface area contributed by atoms with Crippen LogP contribution in [0.5, 0.6) is 0 Å². The van der Waals surface area contributed by atoms with Crippen LogP contribution in [0.15, 0.2) is 0 Å². The van der Waals surface area contributed by atoms with Gasteiger partial charge in [-0.3, -0.25) is 0 Å². The minimum absolute atomic E-state index is 0.519. The van der Waals surface area contributed by atoms with Crippen LogP contribution < -0.4 is 5.32 Å². The van der Waals surface area contributed by atoms with Crippen LogP contribution in [-0.2, 0) is 4.74 Å². The lowest BCUT2D eigenvalue weighted by Gasteiger charge is -2.18. The van der Waals surface area contributed by atoms with Crippen molar-refractivity contribution in [3.63, 3.8) is 0 Å². The largest absolute Gasteiger partial charge is 0.372 e. The maximum absolute atomic E-state index is 5.45. The average Bonchev–Trinajstić information content (AvgIpc) is 3.76. The van der Waals surface area contributed by atoms with Gasteiger partial charge in [-0.25, -0.2) is 0 Å². The molecule has 1 fully saturated rings. The quantitative estimate of drug-likeness (QED) is 0.0667. The van der Waals surface area contributed by atoms with E-state index in [9.17, 15) is 0 Å². The van der Waals surface area contributed by atoms with Crippen molar-refractivity contribution in [3.8, 4) is 0 Å². The molecule has 0 aromatic carbocycles. The van der Waals surface area contributed by atoms with Crippen molar-refractivity contribution in [2.75, 3.05) is 13.2 Å². The Balaban J connectivity index is 1.88. The van der Waals surface area contributed by atoms with E-state index >= 15 is 0 Å². The molecule has 1 saturated heterocycles. The standard InChI is InChI=1S/C36H73NO/c1-3-5-7-9-11-13-15-17-19-21-23-25-27-29-31-35(37-33-36-34-38-36)32-30-28-26-24-22-20-18-16-14-12-10-8-6-4-2/h35-37H,3-34H2,1-2H3. The lowest BCUT2D eigenvalue weighted by molar-refractivity contribution is 0.359. The van der Waals surface area contributed by atoms with Crippen molar-refractivity contribution < 1.29 is 4.74 Å². The van der Waals surface area contributed by atoms with Crippen LogP contribution in [0.4, 0.5) is 0 Å². The highest BCUT2D eigenvalue weighted by Gasteiger charge is 2.23. The topological polar surface area (TPSA) is 24.6 Å². The Hall–Kier alpha value is -0.0800. The molecule has 38 heavy (non-hydrogen) atoms. The molecule has 0 bridgehead atoms. The Morgan fingerprint density at radius 2 is 0.711 bits per heavy atom. The molecule has 0 radical (unpaired) electrons. The van der Waals surface area contributed by atoms with Gasteiger partial charge in [-0.05, 0) is 12.8 Å². The number of unbranched alkanes of at least 4 members (excludes halogenated alkanes) is 26. The molecule has 228 valence electrons. The number of hydrogen-bond donors (Lipinski definition) is 1. The van der Waals surface area contributed by atoms with Crippen LogP contribution >= 0.6 is 0 Å². The highest BCUT2D eigenvalue weighted by Crippen LogP contribution is 2.18. The van der Waals surface area contributed by atoms with Gasteiger partial charge in [0.25, 0.3) is 0 Å². The molecule has 1 aliphatic rings. The van der Waals surface area contributed by atoms with E-state index < -0.39 is 0 Å². The number of epoxide rings is 1. The smallest absolute Gasteiger partial charge is 0.0934 e. The molecule has 0 spiro atoms. The first-order valence-corrected chi connectivity index (χ1v) is 18.2. The molecule has 0 amide bonds. The van der Waals surface area contributed by atoms with E-state index in [0.717, 1.165) is 19.2 Å². The number of ether oxygens (including phenoxy) is 1. The fraction of sp³-hybridized carbons (Fsp3) is 1.00. The van der Waals surface area contributed by atoms with E-state index in [0.29, 0.717) is 6.10 Å². The van der Waals surface area contributed by atoms with Gasteiger partial charge in [-0.15, -0.1) is 0 Å². The summed E-state index contributed by atoms with van der Waals surface area (Å²) in [5, 5.41) is 3.85. The third kappa shape index (κ3) is 27.5. The molecule has 1 aliphatic heterocycles. The van der Waals surface area contributed by atoms with E-state index in [4.69, 9.17) is 4.74 Å². The Kier molecular flexibility index (Phi) is 28.3. The molecular formula is C36H73NO. The summed E-state index contributed by atoms with van der Waals surface area (Å²) < 4.78 is 5.45. The fourth-order valence-electron chi connectivity index (χ4n) is 6.00. The summed E-state index contributed by atoms with van der Waals surface area (Å²) in [5.41, 5.74) is 0. The molecule has 0 saturated carbocycles. The maximum Gasteiger partial charge on any atom is 0.0934 e. The molecule has 0 aromatic rings. The fourth-order valence-corrected chi connectivity index (χ4v) is 6.00. The van der Waals surface area contributed by atoms with Gasteiger partial charge in [0, 0.05) is 12.6 Å². The molecule has 1 atom stereocenters. The number of hydrogen-bond acceptors (Lipinski definition) is 2. The van der Waals surface area contributed by atoms with Gasteiger partial charge in [-0.1, -0.05) is 194 Å². The molecule has 1 N–H and O–H groups in total. The number of rotatable bonds is 33. The van der Waals surface area contributed by atoms with Gasteiger partial charge >= 0.3 is 0 Å². The summed E-state index contributed by atoms with van der Waals surface area (Å²) in [4.78, 5) is 0. The van der Waals surface area contributed by atoms with Crippen molar-refractivity contribution in [2.45, 2.75) is 219 Å². The highest BCUT2D eigenvalue weighted by atomic mass is 16.6. The summed E-state index contributed by atoms with van der Waals surface area (Å²) in [7, 11) is 0. The van der Waals surface area contributed by atoms with Crippen LogP contribution in [-0.4, -0.2) is 25.3 Å². The second-order valence-corrected chi connectivity index (χ2v) is 12.8.